The predicted molar refractivity (Wildman–Crippen MR) is 138 cm³/mol. The summed E-state index contributed by atoms with van der Waals surface area (Å²) in [5.41, 5.74) is 2.94. The molecule has 0 amide bonds. The van der Waals surface area contributed by atoms with Gasteiger partial charge in [0.2, 0.25) is 15.9 Å². The van der Waals surface area contributed by atoms with Gasteiger partial charge in [-0.05, 0) is 72.5 Å². The van der Waals surface area contributed by atoms with Crippen molar-refractivity contribution >= 4 is 21.6 Å². The summed E-state index contributed by atoms with van der Waals surface area (Å²) in [6.07, 6.45) is 0. The molecule has 4 aromatic rings. The van der Waals surface area contributed by atoms with Crippen LogP contribution >= 0.6 is 11.6 Å². The molecule has 0 unspecified atom stereocenters. The van der Waals surface area contributed by atoms with Crippen LogP contribution in [-0.4, -0.2) is 25.7 Å². The molecule has 2 N–H and O–H groups in total. The van der Waals surface area contributed by atoms with Gasteiger partial charge in [0.05, 0.1) is 12.0 Å². The molecular formula is C26H25ClFN3O5S. The lowest BCUT2D eigenvalue weighted by Gasteiger charge is -2.25. The molecule has 4 rings (SSSR count). The van der Waals surface area contributed by atoms with Crippen LogP contribution in [-0.2, 0) is 10.0 Å². The molecule has 0 saturated heterocycles. The molecular weight excluding hydrogens is 521 g/mol. The van der Waals surface area contributed by atoms with Crippen molar-refractivity contribution < 1.29 is 22.0 Å². The van der Waals surface area contributed by atoms with Crippen molar-refractivity contribution in [2.24, 2.45) is 0 Å². The molecule has 0 fully saturated rings. The Morgan fingerprint density at radius 1 is 1.11 bits per heavy atom. The summed E-state index contributed by atoms with van der Waals surface area (Å²) in [6.45, 7) is 5.21. The number of nitrogens with zero attached hydrogens (tertiary/aromatic N) is 1. The van der Waals surface area contributed by atoms with Crippen molar-refractivity contribution in [3.05, 3.63) is 98.6 Å². The fourth-order valence-corrected chi connectivity index (χ4v) is 5.69. The number of aromatic nitrogens is 2. The molecule has 0 bridgehead atoms. The van der Waals surface area contributed by atoms with Gasteiger partial charge in [-0.3, -0.25) is 0 Å². The number of H-pyrrole nitrogens is 1. The maximum Gasteiger partial charge on any atom is 0.434 e. The number of aryl methyl sites for hydroxylation is 1. The summed E-state index contributed by atoms with van der Waals surface area (Å²) < 4.78 is 54.9. The number of nitrogens with one attached hydrogen (secondary N) is 2. The van der Waals surface area contributed by atoms with E-state index < -0.39 is 33.6 Å². The van der Waals surface area contributed by atoms with Gasteiger partial charge < -0.3 is 9.15 Å². The molecule has 11 heteroatoms. The first-order chi connectivity index (χ1) is 17.5. The highest BCUT2D eigenvalue weighted by molar-refractivity contribution is 7.89. The fraction of sp³-hybridized carbons (Fsp3) is 0.231. The molecule has 1 aromatic heterocycles. The molecule has 3 aromatic carbocycles. The maximum atomic E-state index is 14.9. The quantitative estimate of drug-likeness (QED) is 0.312. The highest BCUT2D eigenvalue weighted by Crippen LogP contribution is 2.36. The van der Waals surface area contributed by atoms with Crippen LogP contribution in [0.3, 0.4) is 0 Å². The lowest BCUT2D eigenvalue weighted by atomic mass is 9.88. The lowest BCUT2D eigenvalue weighted by molar-refractivity contribution is 0.377. The second-order valence-corrected chi connectivity index (χ2v) is 10.7. The third kappa shape index (κ3) is 5.46. The third-order valence-corrected chi connectivity index (χ3v) is 8.11. The Morgan fingerprint density at radius 2 is 1.81 bits per heavy atom. The van der Waals surface area contributed by atoms with E-state index >= 15 is 0 Å². The number of aromatic amines is 1. The Morgan fingerprint density at radius 3 is 2.43 bits per heavy atom. The average Bonchev–Trinajstić information content (AvgIpc) is 3.31. The number of hydrogen-bond donors (Lipinski definition) is 2. The minimum atomic E-state index is -4.22. The van der Waals surface area contributed by atoms with E-state index in [1.54, 1.807) is 51.3 Å². The zero-order valence-electron chi connectivity index (χ0n) is 20.5. The topological polar surface area (TPSA) is 114 Å². The number of benzene rings is 3. The lowest BCUT2D eigenvalue weighted by Crippen LogP contribution is -2.33. The van der Waals surface area contributed by atoms with E-state index in [1.807, 2.05) is 6.92 Å². The molecule has 2 atom stereocenters. The van der Waals surface area contributed by atoms with E-state index in [9.17, 15) is 17.6 Å². The fourth-order valence-electron chi connectivity index (χ4n) is 4.17. The molecule has 0 aliphatic rings. The Bertz CT molecular complexity index is 1600. The van der Waals surface area contributed by atoms with E-state index in [4.69, 9.17) is 20.8 Å². The van der Waals surface area contributed by atoms with Gasteiger partial charge >= 0.3 is 5.76 Å². The van der Waals surface area contributed by atoms with Crippen molar-refractivity contribution in [3.8, 4) is 16.9 Å². The number of hydrogen-bond acceptors (Lipinski definition) is 6. The van der Waals surface area contributed by atoms with E-state index in [0.29, 0.717) is 27.5 Å². The highest BCUT2D eigenvalue weighted by Gasteiger charge is 2.33. The smallest absolute Gasteiger partial charge is 0.434 e. The number of halogens is 2. The summed E-state index contributed by atoms with van der Waals surface area (Å²) in [6, 6.07) is 13.0. The van der Waals surface area contributed by atoms with Gasteiger partial charge in [0.25, 0.3) is 0 Å². The van der Waals surface area contributed by atoms with Gasteiger partial charge in [-0.25, -0.2) is 22.7 Å². The van der Waals surface area contributed by atoms with E-state index in [-0.39, 0.29) is 16.3 Å². The Hall–Kier alpha value is -3.47. The second kappa shape index (κ2) is 10.5. The monoisotopic (exact) mass is 545 g/mol. The highest BCUT2D eigenvalue weighted by atomic mass is 35.5. The summed E-state index contributed by atoms with van der Waals surface area (Å²) in [5, 5.41) is 6.32. The Balaban J connectivity index is 1.76. The average molecular weight is 546 g/mol. The molecule has 0 saturated carbocycles. The van der Waals surface area contributed by atoms with Crippen molar-refractivity contribution in [2.75, 3.05) is 7.11 Å². The first kappa shape index (κ1) is 26.6. The van der Waals surface area contributed by atoms with Crippen LogP contribution in [0.25, 0.3) is 11.1 Å². The van der Waals surface area contributed by atoms with E-state index in [2.05, 4.69) is 14.9 Å². The van der Waals surface area contributed by atoms with Crippen LogP contribution in [0.2, 0.25) is 5.02 Å². The molecule has 0 radical (unpaired) electrons. The van der Waals surface area contributed by atoms with Crippen molar-refractivity contribution in [3.63, 3.8) is 0 Å². The van der Waals surface area contributed by atoms with Crippen molar-refractivity contribution in [1.29, 1.82) is 0 Å². The van der Waals surface area contributed by atoms with Crippen molar-refractivity contribution in [1.82, 2.24) is 14.9 Å². The van der Waals surface area contributed by atoms with E-state index in [1.165, 1.54) is 24.3 Å². The van der Waals surface area contributed by atoms with Crippen LogP contribution in [0.1, 0.15) is 41.5 Å². The van der Waals surface area contributed by atoms with Gasteiger partial charge in [0.15, 0.2) is 0 Å². The van der Waals surface area contributed by atoms with Gasteiger partial charge in [-0.1, -0.05) is 36.7 Å². The number of ether oxygens (including phenoxy) is 1. The van der Waals surface area contributed by atoms with Crippen LogP contribution in [0.4, 0.5) is 4.39 Å². The first-order valence-electron chi connectivity index (χ1n) is 11.3. The zero-order chi connectivity index (χ0) is 26.9. The van der Waals surface area contributed by atoms with Gasteiger partial charge in [-0.15, -0.1) is 5.10 Å². The van der Waals surface area contributed by atoms with Gasteiger partial charge in [0, 0.05) is 16.5 Å². The summed E-state index contributed by atoms with van der Waals surface area (Å²) >= 11 is 6.39. The number of sulfonamides is 1. The summed E-state index contributed by atoms with van der Waals surface area (Å²) in [4.78, 5) is 11.6. The van der Waals surface area contributed by atoms with Crippen LogP contribution in [0, 0.1) is 19.7 Å². The minimum Gasteiger partial charge on any atom is -0.497 e. The Labute approximate surface area is 218 Å². The SMILES string of the molecule is COc1ccc(-c2cc(S(=O)(=O)N[C@H](c3n[nH]c(=O)o3)[C@H](C)c3c(F)ccc(C)c3C)ccc2Cl)cc1. The molecule has 8 nitrogen and oxygen atoms in total. The summed E-state index contributed by atoms with van der Waals surface area (Å²) in [7, 11) is -2.67. The normalized spacial score (nSPS) is 13.4. The standard InChI is InChI=1S/C26H25ClFN3O5S/c1-14-5-12-22(28)23(15(14)2)16(3)24(25-29-30-26(32)36-25)31-37(33,34)19-10-11-21(27)20(13-19)17-6-8-18(35-4)9-7-17/h5-13,16,24,31H,1-4H3,(H,30,32)/t16-,24+/m1/s1. The van der Waals surface area contributed by atoms with Gasteiger partial charge in [0.1, 0.15) is 17.6 Å². The largest absolute Gasteiger partial charge is 0.497 e. The van der Waals surface area contributed by atoms with Crippen LogP contribution < -0.4 is 15.2 Å². The molecule has 0 aliphatic heterocycles. The molecule has 0 aliphatic carbocycles. The zero-order valence-corrected chi connectivity index (χ0v) is 22.1. The van der Waals surface area contributed by atoms with E-state index in [0.717, 1.165) is 5.56 Å². The molecule has 37 heavy (non-hydrogen) atoms. The maximum absolute atomic E-state index is 14.9. The van der Waals surface area contributed by atoms with Gasteiger partial charge in [-0.2, -0.15) is 4.72 Å². The summed E-state index contributed by atoms with van der Waals surface area (Å²) in [5.74, 6) is -1.73. The minimum absolute atomic E-state index is 0.0840. The second-order valence-electron chi connectivity index (χ2n) is 8.61. The number of methoxy groups -OCH3 is 1. The van der Waals surface area contributed by atoms with Crippen LogP contribution in [0.15, 0.2) is 68.7 Å². The molecule has 194 valence electrons. The van der Waals surface area contributed by atoms with Crippen molar-refractivity contribution in [2.45, 2.75) is 37.6 Å². The predicted octanol–water partition coefficient (Wildman–Crippen LogP) is 5.27. The third-order valence-electron chi connectivity index (χ3n) is 6.34. The molecule has 1 heterocycles. The Kier molecular flexibility index (Phi) is 7.54. The first-order valence-corrected chi connectivity index (χ1v) is 13.1. The van der Waals surface area contributed by atoms with Crippen LogP contribution in [0.5, 0.6) is 5.75 Å². The number of rotatable bonds is 8. The molecule has 0 spiro atoms.